The van der Waals surface area contributed by atoms with E-state index in [0.717, 1.165) is 36.6 Å². The highest BCUT2D eigenvalue weighted by Gasteiger charge is 2.16. The zero-order chi connectivity index (χ0) is 13.8. The molecule has 0 spiro atoms. The third-order valence-electron chi connectivity index (χ3n) is 3.81. The minimum Gasteiger partial charge on any atom is -0.370 e. The summed E-state index contributed by atoms with van der Waals surface area (Å²) in [4.78, 5) is 9.60. The van der Waals surface area contributed by atoms with Crippen molar-refractivity contribution >= 4 is 5.82 Å². The fraction of sp³-hybridized carbons (Fsp3) is 0.412. The van der Waals surface area contributed by atoms with Gasteiger partial charge in [0.15, 0.2) is 5.82 Å². The first-order valence-electron chi connectivity index (χ1n) is 7.57. The lowest BCUT2D eigenvalue weighted by Gasteiger charge is -2.14. The van der Waals surface area contributed by atoms with Gasteiger partial charge in [-0.1, -0.05) is 36.8 Å². The Bertz CT molecular complexity index is 578. The lowest BCUT2D eigenvalue weighted by molar-refractivity contribution is 0.709. The van der Waals surface area contributed by atoms with E-state index in [4.69, 9.17) is 9.97 Å². The van der Waals surface area contributed by atoms with Crippen molar-refractivity contribution in [3.05, 3.63) is 41.6 Å². The van der Waals surface area contributed by atoms with Crippen molar-refractivity contribution < 1.29 is 0 Å². The Morgan fingerprint density at radius 2 is 1.80 bits per heavy atom. The number of rotatable bonds is 3. The Morgan fingerprint density at radius 3 is 2.60 bits per heavy atom. The van der Waals surface area contributed by atoms with E-state index in [-0.39, 0.29) is 0 Å². The van der Waals surface area contributed by atoms with Gasteiger partial charge >= 0.3 is 0 Å². The fourth-order valence-electron chi connectivity index (χ4n) is 2.80. The van der Waals surface area contributed by atoms with E-state index < -0.39 is 0 Å². The first kappa shape index (κ1) is 13.1. The van der Waals surface area contributed by atoms with E-state index in [1.807, 2.05) is 18.2 Å². The standard InChI is InChI=1S/C17H21N3/c1-2-18-17-14-11-7-4-8-12-15(14)19-16(20-17)13-9-5-3-6-10-13/h3,5-6,9-10H,2,4,7-8,11-12H2,1H3,(H,18,19,20). The summed E-state index contributed by atoms with van der Waals surface area (Å²) in [5.41, 5.74) is 3.68. The molecule has 1 aromatic heterocycles. The number of hydrogen-bond acceptors (Lipinski definition) is 3. The molecule has 1 aliphatic rings. The smallest absolute Gasteiger partial charge is 0.161 e. The Kier molecular flexibility index (Phi) is 3.95. The van der Waals surface area contributed by atoms with Gasteiger partial charge in [-0.2, -0.15) is 0 Å². The summed E-state index contributed by atoms with van der Waals surface area (Å²) >= 11 is 0. The van der Waals surface area contributed by atoms with Crippen molar-refractivity contribution in [2.75, 3.05) is 11.9 Å². The van der Waals surface area contributed by atoms with Crippen LogP contribution >= 0.6 is 0 Å². The monoisotopic (exact) mass is 267 g/mol. The number of hydrogen-bond donors (Lipinski definition) is 1. The average Bonchev–Trinajstić information content (AvgIpc) is 2.74. The van der Waals surface area contributed by atoms with Crippen molar-refractivity contribution in [3.8, 4) is 11.4 Å². The lowest BCUT2D eigenvalue weighted by atomic mass is 10.1. The van der Waals surface area contributed by atoms with Crippen molar-refractivity contribution in [2.45, 2.75) is 39.0 Å². The molecule has 0 amide bonds. The minimum absolute atomic E-state index is 0.849. The molecule has 2 aromatic rings. The topological polar surface area (TPSA) is 37.8 Å². The molecule has 0 aliphatic heterocycles. The molecular weight excluding hydrogens is 246 g/mol. The molecule has 1 aliphatic carbocycles. The molecule has 0 bridgehead atoms. The van der Waals surface area contributed by atoms with Crippen LogP contribution in [0.1, 0.15) is 37.4 Å². The van der Waals surface area contributed by atoms with E-state index in [9.17, 15) is 0 Å². The quantitative estimate of drug-likeness (QED) is 0.858. The summed E-state index contributed by atoms with van der Waals surface area (Å²) in [6.45, 7) is 3.02. The normalized spacial score (nSPS) is 14.4. The highest BCUT2D eigenvalue weighted by atomic mass is 15.0. The second-order valence-corrected chi connectivity index (χ2v) is 5.28. The van der Waals surface area contributed by atoms with E-state index >= 15 is 0 Å². The highest BCUT2D eigenvalue weighted by molar-refractivity contribution is 5.60. The largest absolute Gasteiger partial charge is 0.370 e. The summed E-state index contributed by atoms with van der Waals surface area (Å²) in [6, 6.07) is 10.3. The van der Waals surface area contributed by atoms with E-state index in [0.29, 0.717) is 0 Å². The minimum atomic E-state index is 0.849. The number of nitrogens with zero attached hydrogens (tertiary/aromatic N) is 2. The first-order chi connectivity index (χ1) is 9.88. The van der Waals surface area contributed by atoms with Crippen LogP contribution < -0.4 is 5.32 Å². The Morgan fingerprint density at radius 1 is 1.00 bits per heavy atom. The van der Waals surface area contributed by atoms with Gasteiger partial charge < -0.3 is 5.32 Å². The highest BCUT2D eigenvalue weighted by Crippen LogP contribution is 2.27. The van der Waals surface area contributed by atoms with Crippen LogP contribution in [0.2, 0.25) is 0 Å². The molecule has 0 radical (unpaired) electrons. The molecular formula is C17H21N3. The van der Waals surface area contributed by atoms with Crippen LogP contribution in [0.25, 0.3) is 11.4 Å². The molecule has 0 saturated carbocycles. The van der Waals surface area contributed by atoms with Crippen LogP contribution in [0.5, 0.6) is 0 Å². The Labute approximate surface area is 120 Å². The van der Waals surface area contributed by atoms with Gasteiger partial charge in [0.2, 0.25) is 0 Å². The second-order valence-electron chi connectivity index (χ2n) is 5.28. The summed E-state index contributed by atoms with van der Waals surface area (Å²) in [6.07, 6.45) is 5.97. The third-order valence-corrected chi connectivity index (χ3v) is 3.81. The lowest BCUT2D eigenvalue weighted by Crippen LogP contribution is -2.09. The van der Waals surface area contributed by atoms with Gasteiger partial charge in [-0.05, 0) is 32.6 Å². The van der Waals surface area contributed by atoms with Crippen LogP contribution in [0.15, 0.2) is 30.3 Å². The van der Waals surface area contributed by atoms with Crippen LogP contribution in [0.4, 0.5) is 5.82 Å². The van der Waals surface area contributed by atoms with Gasteiger partial charge in [-0.25, -0.2) is 9.97 Å². The van der Waals surface area contributed by atoms with Gasteiger partial charge in [0.1, 0.15) is 5.82 Å². The zero-order valence-electron chi connectivity index (χ0n) is 12.0. The molecule has 3 heteroatoms. The van der Waals surface area contributed by atoms with Gasteiger partial charge in [-0.3, -0.25) is 0 Å². The summed E-state index contributed by atoms with van der Waals surface area (Å²) in [5.74, 6) is 1.89. The summed E-state index contributed by atoms with van der Waals surface area (Å²) in [7, 11) is 0. The molecule has 0 saturated heterocycles. The predicted octanol–water partition coefficient (Wildman–Crippen LogP) is 3.84. The summed E-state index contributed by atoms with van der Waals surface area (Å²) < 4.78 is 0. The number of aryl methyl sites for hydroxylation is 1. The van der Waals surface area contributed by atoms with Crippen molar-refractivity contribution in [2.24, 2.45) is 0 Å². The SMILES string of the molecule is CCNc1nc(-c2ccccc2)nc2c1CCCCC2. The van der Waals surface area contributed by atoms with Crippen LogP contribution in [0, 0.1) is 0 Å². The zero-order valence-corrected chi connectivity index (χ0v) is 12.0. The molecule has 20 heavy (non-hydrogen) atoms. The molecule has 3 nitrogen and oxygen atoms in total. The van der Waals surface area contributed by atoms with Gasteiger partial charge in [0, 0.05) is 23.4 Å². The maximum atomic E-state index is 4.84. The number of benzene rings is 1. The van der Waals surface area contributed by atoms with Gasteiger partial charge in [0.05, 0.1) is 0 Å². The number of fused-ring (bicyclic) bond motifs is 1. The van der Waals surface area contributed by atoms with E-state index in [1.165, 1.54) is 30.5 Å². The molecule has 1 aromatic carbocycles. The van der Waals surface area contributed by atoms with Gasteiger partial charge in [-0.15, -0.1) is 0 Å². The fourth-order valence-corrected chi connectivity index (χ4v) is 2.80. The Hall–Kier alpha value is -1.90. The molecule has 3 rings (SSSR count). The molecule has 0 atom stereocenters. The van der Waals surface area contributed by atoms with E-state index in [2.05, 4.69) is 24.4 Å². The van der Waals surface area contributed by atoms with Crippen molar-refractivity contribution in [1.29, 1.82) is 0 Å². The van der Waals surface area contributed by atoms with Gasteiger partial charge in [0.25, 0.3) is 0 Å². The third kappa shape index (κ3) is 2.67. The maximum absolute atomic E-state index is 4.84. The molecule has 1 N–H and O–H groups in total. The van der Waals surface area contributed by atoms with Crippen LogP contribution in [-0.4, -0.2) is 16.5 Å². The number of aromatic nitrogens is 2. The molecule has 0 fully saturated rings. The van der Waals surface area contributed by atoms with Crippen LogP contribution in [0.3, 0.4) is 0 Å². The van der Waals surface area contributed by atoms with E-state index in [1.54, 1.807) is 0 Å². The van der Waals surface area contributed by atoms with Crippen LogP contribution in [-0.2, 0) is 12.8 Å². The summed E-state index contributed by atoms with van der Waals surface area (Å²) in [5, 5.41) is 3.42. The number of nitrogens with one attached hydrogen (secondary N) is 1. The first-order valence-corrected chi connectivity index (χ1v) is 7.57. The number of anilines is 1. The maximum Gasteiger partial charge on any atom is 0.161 e. The predicted molar refractivity (Wildman–Crippen MR) is 82.9 cm³/mol. The molecule has 104 valence electrons. The van der Waals surface area contributed by atoms with Crippen molar-refractivity contribution in [1.82, 2.24) is 9.97 Å². The Balaban J connectivity index is 2.08. The van der Waals surface area contributed by atoms with Crippen molar-refractivity contribution in [3.63, 3.8) is 0 Å². The second kappa shape index (κ2) is 6.04. The average molecular weight is 267 g/mol. The molecule has 1 heterocycles. The molecule has 0 unspecified atom stereocenters.